The Labute approximate surface area is 74.9 Å². The van der Waals surface area contributed by atoms with Crippen LogP contribution in [0, 0.1) is 5.41 Å². The summed E-state index contributed by atoms with van der Waals surface area (Å²) in [5.74, 6) is 0. The normalized spacial score (nSPS) is 22.0. The molecule has 0 amide bonds. The van der Waals surface area contributed by atoms with Gasteiger partial charge in [0.05, 0.1) is 5.60 Å². The Morgan fingerprint density at radius 3 is 2.25 bits per heavy atom. The highest BCUT2D eigenvalue weighted by atomic mass is 16.5. The number of rotatable bonds is 4. The minimum Gasteiger partial charge on any atom is -0.396 e. The third-order valence-corrected chi connectivity index (χ3v) is 3.10. The van der Waals surface area contributed by atoms with Gasteiger partial charge in [-0.25, -0.2) is 0 Å². The fourth-order valence-electron chi connectivity index (χ4n) is 2.04. The van der Waals surface area contributed by atoms with Crippen molar-refractivity contribution in [2.24, 2.45) is 5.41 Å². The molecule has 0 radical (unpaired) electrons. The van der Waals surface area contributed by atoms with Gasteiger partial charge in [-0.05, 0) is 38.5 Å². The lowest BCUT2D eigenvalue weighted by Gasteiger charge is -2.44. The second kappa shape index (κ2) is 3.35. The van der Waals surface area contributed by atoms with Gasteiger partial charge in [-0.1, -0.05) is 6.42 Å². The molecule has 1 fully saturated rings. The Morgan fingerprint density at radius 1 is 1.42 bits per heavy atom. The smallest absolute Gasteiger partial charge is 0.0628 e. The molecule has 0 aromatic rings. The summed E-state index contributed by atoms with van der Waals surface area (Å²) in [6, 6.07) is 0. The maximum Gasteiger partial charge on any atom is 0.0628 e. The second-order valence-electron chi connectivity index (χ2n) is 4.65. The van der Waals surface area contributed by atoms with Gasteiger partial charge in [0.15, 0.2) is 0 Å². The highest BCUT2D eigenvalue weighted by Gasteiger charge is 2.40. The molecule has 0 aromatic carbocycles. The molecule has 1 rings (SSSR count). The number of aliphatic hydroxyl groups excluding tert-OH is 1. The first kappa shape index (κ1) is 10.0. The van der Waals surface area contributed by atoms with Crippen molar-refractivity contribution in [1.82, 2.24) is 0 Å². The molecule has 2 heteroatoms. The van der Waals surface area contributed by atoms with Crippen molar-refractivity contribution in [1.29, 1.82) is 0 Å². The SMILES string of the molecule is COC(C)(C)CC1(CO)CCC1. The van der Waals surface area contributed by atoms with Crippen molar-refractivity contribution in [2.75, 3.05) is 13.7 Å². The summed E-state index contributed by atoms with van der Waals surface area (Å²) < 4.78 is 5.36. The minimum absolute atomic E-state index is 0.0802. The summed E-state index contributed by atoms with van der Waals surface area (Å²) in [6.07, 6.45) is 4.57. The van der Waals surface area contributed by atoms with Crippen LogP contribution in [0.5, 0.6) is 0 Å². The van der Waals surface area contributed by atoms with Crippen molar-refractivity contribution < 1.29 is 9.84 Å². The molecule has 0 aliphatic heterocycles. The molecule has 1 aliphatic rings. The Kier molecular flexibility index (Phi) is 2.79. The Balaban J connectivity index is 2.47. The van der Waals surface area contributed by atoms with E-state index in [1.807, 2.05) is 0 Å². The zero-order valence-corrected chi connectivity index (χ0v) is 8.39. The van der Waals surface area contributed by atoms with Gasteiger partial charge in [-0.2, -0.15) is 0 Å². The summed E-state index contributed by atoms with van der Waals surface area (Å²) in [6.45, 7) is 4.49. The average Bonchev–Trinajstić information content (AvgIpc) is 1.97. The van der Waals surface area contributed by atoms with E-state index in [1.54, 1.807) is 7.11 Å². The van der Waals surface area contributed by atoms with Crippen molar-refractivity contribution in [3.8, 4) is 0 Å². The van der Waals surface area contributed by atoms with Crippen LogP contribution in [0.15, 0.2) is 0 Å². The van der Waals surface area contributed by atoms with Crippen molar-refractivity contribution in [3.63, 3.8) is 0 Å². The van der Waals surface area contributed by atoms with Crippen LogP contribution in [0.3, 0.4) is 0 Å². The molecule has 0 saturated heterocycles. The van der Waals surface area contributed by atoms with Crippen molar-refractivity contribution >= 4 is 0 Å². The highest BCUT2D eigenvalue weighted by Crippen LogP contribution is 2.46. The average molecular weight is 172 g/mol. The molecule has 2 nitrogen and oxygen atoms in total. The Hall–Kier alpha value is -0.0800. The molecule has 0 unspecified atom stereocenters. The number of hydrogen-bond donors (Lipinski definition) is 1. The molecule has 0 spiro atoms. The minimum atomic E-state index is -0.0802. The summed E-state index contributed by atoms with van der Waals surface area (Å²) in [7, 11) is 1.74. The van der Waals surface area contributed by atoms with E-state index in [1.165, 1.54) is 6.42 Å². The van der Waals surface area contributed by atoms with Gasteiger partial charge in [-0.15, -0.1) is 0 Å². The fourth-order valence-corrected chi connectivity index (χ4v) is 2.04. The largest absolute Gasteiger partial charge is 0.396 e. The van der Waals surface area contributed by atoms with E-state index in [-0.39, 0.29) is 11.0 Å². The number of methoxy groups -OCH3 is 1. The number of aliphatic hydroxyl groups is 1. The zero-order chi connectivity index (χ0) is 9.24. The maximum atomic E-state index is 9.24. The Morgan fingerprint density at radius 2 is 2.00 bits per heavy atom. The van der Waals surface area contributed by atoms with E-state index in [0.29, 0.717) is 6.61 Å². The molecular weight excluding hydrogens is 152 g/mol. The van der Waals surface area contributed by atoms with Crippen molar-refractivity contribution in [2.45, 2.75) is 45.1 Å². The van der Waals surface area contributed by atoms with Crippen LogP contribution < -0.4 is 0 Å². The molecule has 1 N–H and O–H groups in total. The van der Waals surface area contributed by atoms with E-state index in [2.05, 4.69) is 13.8 Å². The number of hydrogen-bond acceptors (Lipinski definition) is 2. The van der Waals surface area contributed by atoms with Gasteiger partial charge in [0.1, 0.15) is 0 Å². The number of ether oxygens (including phenoxy) is 1. The van der Waals surface area contributed by atoms with Gasteiger partial charge < -0.3 is 9.84 Å². The van der Waals surface area contributed by atoms with E-state index in [4.69, 9.17) is 4.74 Å². The lowest BCUT2D eigenvalue weighted by Crippen LogP contribution is -2.41. The van der Waals surface area contributed by atoms with E-state index < -0.39 is 0 Å². The predicted octanol–water partition coefficient (Wildman–Crippen LogP) is 1.96. The summed E-state index contributed by atoms with van der Waals surface area (Å²) in [5, 5.41) is 9.24. The molecule has 12 heavy (non-hydrogen) atoms. The molecule has 0 aromatic heterocycles. The van der Waals surface area contributed by atoms with Crippen LogP contribution in [0.1, 0.15) is 39.5 Å². The lowest BCUT2D eigenvalue weighted by atomic mass is 9.64. The molecule has 0 heterocycles. The lowest BCUT2D eigenvalue weighted by molar-refractivity contribution is -0.0652. The quantitative estimate of drug-likeness (QED) is 0.702. The predicted molar refractivity (Wildman–Crippen MR) is 49.1 cm³/mol. The van der Waals surface area contributed by atoms with Crippen LogP contribution in [-0.2, 0) is 4.74 Å². The van der Waals surface area contributed by atoms with E-state index >= 15 is 0 Å². The van der Waals surface area contributed by atoms with Gasteiger partial charge in [0.25, 0.3) is 0 Å². The van der Waals surface area contributed by atoms with Crippen LogP contribution in [0.2, 0.25) is 0 Å². The van der Waals surface area contributed by atoms with Gasteiger partial charge in [-0.3, -0.25) is 0 Å². The fraction of sp³-hybridized carbons (Fsp3) is 1.00. The third-order valence-electron chi connectivity index (χ3n) is 3.10. The summed E-state index contributed by atoms with van der Waals surface area (Å²) >= 11 is 0. The molecule has 0 atom stereocenters. The second-order valence-corrected chi connectivity index (χ2v) is 4.65. The molecule has 1 aliphatic carbocycles. The summed E-state index contributed by atoms with van der Waals surface area (Å²) in [4.78, 5) is 0. The van der Waals surface area contributed by atoms with Crippen molar-refractivity contribution in [3.05, 3.63) is 0 Å². The molecular formula is C10H20O2. The maximum absolute atomic E-state index is 9.24. The highest BCUT2D eigenvalue weighted by molar-refractivity contribution is 4.92. The first-order valence-corrected chi connectivity index (χ1v) is 4.70. The van der Waals surface area contributed by atoms with E-state index in [9.17, 15) is 5.11 Å². The molecule has 1 saturated carbocycles. The van der Waals surface area contributed by atoms with Crippen LogP contribution in [0.4, 0.5) is 0 Å². The summed E-state index contributed by atoms with van der Waals surface area (Å²) in [5.41, 5.74) is 0.0999. The third kappa shape index (κ3) is 1.99. The molecule has 0 bridgehead atoms. The molecule has 72 valence electrons. The first-order chi connectivity index (χ1) is 5.54. The van der Waals surface area contributed by atoms with Gasteiger partial charge >= 0.3 is 0 Å². The van der Waals surface area contributed by atoms with Crippen LogP contribution in [-0.4, -0.2) is 24.4 Å². The first-order valence-electron chi connectivity index (χ1n) is 4.70. The van der Waals surface area contributed by atoms with Gasteiger partial charge in [0.2, 0.25) is 0 Å². The monoisotopic (exact) mass is 172 g/mol. The zero-order valence-electron chi connectivity index (χ0n) is 8.39. The standard InChI is InChI=1S/C10H20O2/c1-9(2,12-3)7-10(8-11)5-4-6-10/h11H,4-8H2,1-3H3. The van der Waals surface area contributed by atoms with Gasteiger partial charge in [0, 0.05) is 13.7 Å². The van der Waals surface area contributed by atoms with Crippen LogP contribution in [0.25, 0.3) is 0 Å². The topological polar surface area (TPSA) is 29.5 Å². The van der Waals surface area contributed by atoms with E-state index in [0.717, 1.165) is 19.3 Å². The Bertz CT molecular complexity index is 142. The van der Waals surface area contributed by atoms with Crippen LogP contribution >= 0.6 is 0 Å².